The molecule has 0 radical (unpaired) electrons. The molecule has 0 unspecified atom stereocenters. The van der Waals surface area contributed by atoms with Crippen LogP contribution in [0.5, 0.6) is 11.5 Å². The zero-order chi connectivity index (χ0) is 20.9. The van der Waals surface area contributed by atoms with Crippen LogP contribution >= 0.6 is 35.0 Å². The number of para-hydroxylation sites is 1. The summed E-state index contributed by atoms with van der Waals surface area (Å²) in [6.45, 7) is 0. The lowest BCUT2D eigenvalue weighted by molar-refractivity contribution is 0.482. The van der Waals surface area contributed by atoms with Crippen LogP contribution in [0.15, 0.2) is 81.9 Å². The van der Waals surface area contributed by atoms with Crippen molar-refractivity contribution in [2.75, 3.05) is 5.75 Å². The molecule has 0 fully saturated rings. The summed E-state index contributed by atoms with van der Waals surface area (Å²) in [7, 11) is 0. The average molecular weight is 458 g/mol. The van der Waals surface area contributed by atoms with Crippen LogP contribution in [-0.4, -0.2) is 22.8 Å². The van der Waals surface area contributed by atoms with Crippen molar-refractivity contribution >= 4 is 52.1 Å². The molecular formula is C22H14Cl2FN3OS. The quantitative estimate of drug-likeness (QED) is 0.317. The largest absolute Gasteiger partial charge is 0.457 e. The molecule has 0 saturated heterocycles. The Morgan fingerprint density at radius 2 is 1.73 bits per heavy atom. The van der Waals surface area contributed by atoms with E-state index in [1.807, 2.05) is 54.6 Å². The van der Waals surface area contributed by atoms with Gasteiger partial charge in [0.2, 0.25) is 5.17 Å². The first-order valence-electron chi connectivity index (χ1n) is 8.88. The summed E-state index contributed by atoms with van der Waals surface area (Å²) in [6, 6.07) is 19.8. The van der Waals surface area contributed by atoms with E-state index < -0.39 is 5.82 Å². The first-order chi connectivity index (χ1) is 14.6. The molecule has 8 heteroatoms. The van der Waals surface area contributed by atoms with Crippen molar-refractivity contribution < 1.29 is 9.13 Å². The average Bonchev–Trinajstić information content (AvgIpc) is 2.76. The number of rotatable bonds is 4. The molecule has 0 saturated carbocycles. The highest BCUT2D eigenvalue weighted by Gasteiger charge is 2.17. The van der Waals surface area contributed by atoms with Gasteiger partial charge in [-0.05, 0) is 42.0 Å². The van der Waals surface area contributed by atoms with Gasteiger partial charge < -0.3 is 4.74 Å². The van der Waals surface area contributed by atoms with Crippen LogP contribution in [0.4, 0.5) is 4.39 Å². The zero-order valence-electron chi connectivity index (χ0n) is 15.4. The Kier molecular flexibility index (Phi) is 6.47. The lowest BCUT2D eigenvalue weighted by Crippen LogP contribution is -2.11. The van der Waals surface area contributed by atoms with Crippen molar-refractivity contribution in [2.24, 2.45) is 15.2 Å². The highest BCUT2D eigenvalue weighted by molar-refractivity contribution is 8.14. The molecule has 150 valence electrons. The predicted octanol–water partition coefficient (Wildman–Crippen LogP) is 6.85. The maximum atomic E-state index is 13.7. The molecule has 3 aromatic carbocycles. The summed E-state index contributed by atoms with van der Waals surface area (Å²) in [5, 5.41) is 9.06. The first-order valence-corrected chi connectivity index (χ1v) is 10.6. The van der Waals surface area contributed by atoms with Crippen LogP contribution in [0.2, 0.25) is 10.0 Å². The second-order valence-electron chi connectivity index (χ2n) is 6.21. The minimum absolute atomic E-state index is 0.0277. The van der Waals surface area contributed by atoms with E-state index in [0.29, 0.717) is 33.0 Å². The summed E-state index contributed by atoms with van der Waals surface area (Å²) in [5.74, 6) is 1.39. The van der Waals surface area contributed by atoms with Gasteiger partial charge in [-0.1, -0.05) is 65.3 Å². The van der Waals surface area contributed by atoms with Crippen molar-refractivity contribution in [3.63, 3.8) is 0 Å². The monoisotopic (exact) mass is 457 g/mol. The van der Waals surface area contributed by atoms with E-state index in [1.165, 1.54) is 23.9 Å². The molecule has 0 atom stereocenters. The van der Waals surface area contributed by atoms with E-state index in [0.717, 1.165) is 11.3 Å². The maximum absolute atomic E-state index is 13.7. The van der Waals surface area contributed by atoms with Gasteiger partial charge in [0.1, 0.15) is 17.3 Å². The van der Waals surface area contributed by atoms with Gasteiger partial charge in [-0.15, -0.1) is 5.10 Å². The van der Waals surface area contributed by atoms with Crippen LogP contribution in [0, 0.1) is 5.82 Å². The van der Waals surface area contributed by atoms with Gasteiger partial charge in [-0.2, -0.15) is 5.10 Å². The van der Waals surface area contributed by atoms with E-state index in [1.54, 1.807) is 6.21 Å². The van der Waals surface area contributed by atoms with Gasteiger partial charge in [-0.3, -0.25) is 0 Å². The van der Waals surface area contributed by atoms with Gasteiger partial charge in [0.15, 0.2) is 0 Å². The van der Waals surface area contributed by atoms with Crippen molar-refractivity contribution in [3.8, 4) is 11.5 Å². The Morgan fingerprint density at radius 1 is 0.933 bits per heavy atom. The molecule has 0 bridgehead atoms. The third-order valence-corrected chi connectivity index (χ3v) is 5.54. The van der Waals surface area contributed by atoms with Gasteiger partial charge >= 0.3 is 0 Å². The number of ether oxygens (including phenoxy) is 1. The van der Waals surface area contributed by atoms with E-state index in [2.05, 4.69) is 15.2 Å². The molecule has 3 aromatic rings. The Morgan fingerprint density at radius 3 is 2.50 bits per heavy atom. The molecule has 0 spiro atoms. The molecule has 1 aliphatic heterocycles. The Labute approximate surface area is 187 Å². The lowest BCUT2D eigenvalue weighted by atomic mass is 10.1. The fourth-order valence-electron chi connectivity index (χ4n) is 2.64. The predicted molar refractivity (Wildman–Crippen MR) is 123 cm³/mol. The van der Waals surface area contributed by atoms with Crippen LogP contribution in [-0.2, 0) is 0 Å². The summed E-state index contributed by atoms with van der Waals surface area (Å²) in [4.78, 5) is 4.38. The van der Waals surface area contributed by atoms with Crippen LogP contribution < -0.4 is 4.74 Å². The fourth-order valence-corrected chi connectivity index (χ4v) is 3.84. The Hall–Kier alpha value is -2.67. The molecule has 1 aliphatic rings. The van der Waals surface area contributed by atoms with Crippen LogP contribution in [0.25, 0.3) is 0 Å². The van der Waals surface area contributed by atoms with Crippen molar-refractivity contribution in [3.05, 3.63) is 93.7 Å². The second kappa shape index (κ2) is 9.43. The minimum atomic E-state index is -0.547. The van der Waals surface area contributed by atoms with Crippen LogP contribution in [0.1, 0.15) is 11.1 Å². The number of aliphatic imine (C=N–C) groups is 1. The number of halogens is 3. The number of hydrogen-bond donors (Lipinski definition) is 0. The highest BCUT2D eigenvalue weighted by Crippen LogP contribution is 2.27. The van der Waals surface area contributed by atoms with Gasteiger partial charge in [0, 0.05) is 17.5 Å². The summed E-state index contributed by atoms with van der Waals surface area (Å²) in [5.41, 5.74) is 1.91. The number of nitrogens with zero attached hydrogens (tertiary/aromatic N) is 3. The molecule has 0 amide bonds. The third kappa shape index (κ3) is 5.08. The van der Waals surface area contributed by atoms with Gasteiger partial charge in [0.05, 0.1) is 15.8 Å². The SMILES string of the molecule is Fc1cc(C2=NN=C(/N=C\c3cccc(Oc4ccccc4)c3)SC2)c(Cl)cc1Cl. The summed E-state index contributed by atoms with van der Waals surface area (Å²) in [6.07, 6.45) is 1.69. The van der Waals surface area contributed by atoms with Crippen molar-refractivity contribution in [2.45, 2.75) is 0 Å². The van der Waals surface area contributed by atoms with Gasteiger partial charge in [-0.25, -0.2) is 9.38 Å². The minimum Gasteiger partial charge on any atom is -0.457 e. The van der Waals surface area contributed by atoms with E-state index in [4.69, 9.17) is 27.9 Å². The summed E-state index contributed by atoms with van der Waals surface area (Å²) < 4.78 is 19.6. The Balaban J connectivity index is 1.48. The standard InChI is InChI=1S/C22H14Cl2FN3OS/c23-18-11-19(24)20(25)10-17(18)21-13-30-22(28-27-21)26-12-14-5-4-8-16(9-14)29-15-6-2-1-3-7-15/h1-12H,13H2/b26-12-. The smallest absolute Gasteiger partial charge is 0.209 e. The topological polar surface area (TPSA) is 46.3 Å². The van der Waals surface area contributed by atoms with Crippen molar-refractivity contribution in [1.29, 1.82) is 0 Å². The molecule has 4 nitrogen and oxygen atoms in total. The van der Waals surface area contributed by atoms with Crippen LogP contribution in [0.3, 0.4) is 0 Å². The fraction of sp³-hybridized carbons (Fsp3) is 0.0455. The number of benzene rings is 3. The molecule has 0 aromatic heterocycles. The zero-order valence-corrected chi connectivity index (χ0v) is 17.8. The lowest BCUT2D eigenvalue weighted by Gasteiger charge is -2.11. The molecule has 0 N–H and O–H groups in total. The van der Waals surface area contributed by atoms with E-state index in [9.17, 15) is 4.39 Å². The molecule has 4 rings (SSSR count). The molecule has 0 aliphatic carbocycles. The molecular weight excluding hydrogens is 444 g/mol. The second-order valence-corrected chi connectivity index (χ2v) is 7.97. The molecule has 30 heavy (non-hydrogen) atoms. The maximum Gasteiger partial charge on any atom is 0.209 e. The highest BCUT2D eigenvalue weighted by atomic mass is 35.5. The normalized spacial score (nSPS) is 13.8. The van der Waals surface area contributed by atoms with E-state index in [-0.39, 0.29) is 5.02 Å². The number of thioether (sulfide) groups is 1. The first kappa shape index (κ1) is 20.6. The number of hydrogen-bond acceptors (Lipinski definition) is 5. The number of amidine groups is 1. The summed E-state index contributed by atoms with van der Waals surface area (Å²) >= 11 is 13.3. The van der Waals surface area contributed by atoms with Crippen molar-refractivity contribution in [1.82, 2.24) is 0 Å². The Bertz CT molecular complexity index is 1170. The third-order valence-electron chi connectivity index (χ3n) is 4.08. The van der Waals surface area contributed by atoms with E-state index >= 15 is 0 Å². The molecule has 1 heterocycles. The van der Waals surface area contributed by atoms with Gasteiger partial charge in [0.25, 0.3) is 0 Å².